The molecule has 0 radical (unpaired) electrons. The molecule has 27 heavy (non-hydrogen) atoms. The first-order chi connectivity index (χ1) is 12.6. The van der Waals surface area contributed by atoms with Crippen LogP contribution >= 0.6 is 0 Å². The number of carboxylic acid groups (broad SMARTS) is 1. The van der Waals surface area contributed by atoms with Crippen molar-refractivity contribution in [2.45, 2.75) is 13.3 Å². The summed E-state index contributed by atoms with van der Waals surface area (Å²) >= 11 is 0. The van der Waals surface area contributed by atoms with Crippen LogP contribution in [0.25, 0.3) is 22.3 Å². The van der Waals surface area contributed by atoms with Gasteiger partial charge in [-0.2, -0.15) is 0 Å². The van der Waals surface area contributed by atoms with Crippen LogP contribution in [0.1, 0.15) is 13.3 Å². The summed E-state index contributed by atoms with van der Waals surface area (Å²) < 4.78 is 5.35. The summed E-state index contributed by atoms with van der Waals surface area (Å²) in [5, 5.41) is 55.4. The monoisotopic (exact) mass is 376 g/mol. The van der Waals surface area contributed by atoms with Crippen LogP contribution in [0.2, 0.25) is 0 Å². The van der Waals surface area contributed by atoms with E-state index in [0.717, 1.165) is 24.3 Å². The number of benzene rings is 2. The Bertz CT molecular complexity index is 1070. The second kappa shape index (κ2) is 7.56. The molecule has 0 aliphatic carbocycles. The van der Waals surface area contributed by atoms with Crippen molar-refractivity contribution in [3.8, 4) is 40.1 Å². The lowest BCUT2D eigenvalue weighted by Gasteiger charge is -2.08. The van der Waals surface area contributed by atoms with Crippen LogP contribution < -0.4 is 5.43 Å². The molecular formula is C18H16O9. The number of fused-ring (bicyclic) bond motifs is 1. The molecule has 142 valence electrons. The Kier molecular flexibility index (Phi) is 5.45. The molecule has 0 spiro atoms. The van der Waals surface area contributed by atoms with Gasteiger partial charge in [0.2, 0.25) is 11.2 Å². The number of phenolic OH excluding ortho intramolecular Hbond substituents is 4. The van der Waals surface area contributed by atoms with Crippen molar-refractivity contribution in [2.24, 2.45) is 0 Å². The molecule has 0 aliphatic rings. The van der Waals surface area contributed by atoms with Gasteiger partial charge in [-0.15, -0.1) is 0 Å². The fourth-order valence-corrected chi connectivity index (χ4v) is 2.14. The average Bonchev–Trinajstić information content (AvgIpc) is 2.60. The Balaban J connectivity index is 0.000000465. The third-order valence-corrected chi connectivity index (χ3v) is 3.48. The highest BCUT2D eigenvalue weighted by atomic mass is 16.4. The van der Waals surface area contributed by atoms with Crippen molar-refractivity contribution < 1.29 is 39.9 Å². The predicted molar refractivity (Wildman–Crippen MR) is 94.2 cm³/mol. The molecule has 3 aromatic rings. The van der Waals surface area contributed by atoms with E-state index in [0.29, 0.717) is 0 Å². The number of carboxylic acids is 1. The molecule has 0 saturated carbocycles. The molecule has 1 heterocycles. The summed E-state index contributed by atoms with van der Waals surface area (Å²) in [5.41, 5.74) is -0.890. The minimum atomic E-state index is -0.888. The molecule has 0 fully saturated rings. The van der Waals surface area contributed by atoms with Gasteiger partial charge in [0.15, 0.2) is 17.3 Å². The Labute approximate surface area is 151 Å². The second-order valence-corrected chi connectivity index (χ2v) is 5.40. The minimum Gasteiger partial charge on any atom is -0.508 e. The van der Waals surface area contributed by atoms with Crippen LogP contribution in [0.3, 0.4) is 0 Å². The van der Waals surface area contributed by atoms with Crippen molar-refractivity contribution in [2.75, 3.05) is 0 Å². The minimum absolute atomic E-state index is 0.134. The van der Waals surface area contributed by atoms with Crippen molar-refractivity contribution >= 4 is 16.9 Å². The van der Waals surface area contributed by atoms with E-state index in [4.69, 9.17) is 9.52 Å². The van der Waals surface area contributed by atoms with Gasteiger partial charge >= 0.3 is 5.97 Å². The summed E-state index contributed by atoms with van der Waals surface area (Å²) in [6.07, 6.45) is 0.222. The molecule has 0 amide bonds. The van der Waals surface area contributed by atoms with Gasteiger partial charge in [-0.3, -0.25) is 9.59 Å². The maximum Gasteiger partial charge on any atom is 0.303 e. The van der Waals surface area contributed by atoms with Gasteiger partial charge in [0.25, 0.3) is 0 Å². The maximum atomic E-state index is 12.1. The van der Waals surface area contributed by atoms with E-state index < -0.39 is 28.6 Å². The van der Waals surface area contributed by atoms with E-state index in [1.54, 1.807) is 6.92 Å². The number of phenols is 4. The molecule has 0 atom stereocenters. The fraction of sp³-hybridized carbons (Fsp3) is 0.111. The summed E-state index contributed by atoms with van der Waals surface area (Å²) in [6.45, 7) is 1.60. The number of aliphatic carboxylic acids is 1. The van der Waals surface area contributed by atoms with Gasteiger partial charge in [-0.1, -0.05) is 6.92 Å². The molecule has 0 aliphatic heterocycles. The number of hydrogen-bond donors (Lipinski definition) is 6. The zero-order valence-corrected chi connectivity index (χ0v) is 14.0. The highest BCUT2D eigenvalue weighted by Gasteiger charge is 2.19. The molecule has 0 unspecified atom stereocenters. The van der Waals surface area contributed by atoms with Gasteiger partial charge in [-0.05, 0) is 18.2 Å². The third-order valence-electron chi connectivity index (χ3n) is 3.48. The van der Waals surface area contributed by atoms with E-state index in [2.05, 4.69) is 0 Å². The predicted octanol–water partition coefficient (Wildman–Crippen LogP) is 2.47. The van der Waals surface area contributed by atoms with E-state index >= 15 is 0 Å². The molecule has 3 rings (SSSR count). The smallest absolute Gasteiger partial charge is 0.303 e. The van der Waals surface area contributed by atoms with Crippen molar-refractivity contribution in [3.05, 3.63) is 40.6 Å². The molecule has 9 nitrogen and oxygen atoms in total. The standard InChI is InChI=1S/C15H10O7.C3H6O2/c16-7-4-10(19)12-11(5-7)22-15(14(21)13(12)20)6-1-2-8(17)9(18)3-6;1-2-3(4)5/h1-5,16-19,21H;2H2,1H3,(H,4,5). The van der Waals surface area contributed by atoms with Crippen molar-refractivity contribution in [1.29, 1.82) is 0 Å². The maximum absolute atomic E-state index is 12.1. The van der Waals surface area contributed by atoms with Crippen LogP contribution in [0.5, 0.6) is 28.7 Å². The Morgan fingerprint density at radius 3 is 2.15 bits per heavy atom. The topological polar surface area (TPSA) is 169 Å². The lowest BCUT2D eigenvalue weighted by molar-refractivity contribution is -0.136. The molecule has 1 aromatic heterocycles. The van der Waals surface area contributed by atoms with Crippen LogP contribution in [0, 0.1) is 0 Å². The molecular weight excluding hydrogens is 360 g/mol. The highest BCUT2D eigenvalue weighted by molar-refractivity contribution is 5.88. The molecule has 2 aromatic carbocycles. The Morgan fingerprint density at radius 2 is 1.59 bits per heavy atom. The normalized spacial score (nSPS) is 10.3. The highest BCUT2D eigenvalue weighted by Crippen LogP contribution is 2.37. The quantitative estimate of drug-likeness (QED) is 0.368. The number of carbonyl (C=O) groups is 1. The van der Waals surface area contributed by atoms with E-state index in [9.17, 15) is 35.1 Å². The number of rotatable bonds is 2. The average molecular weight is 376 g/mol. The van der Waals surface area contributed by atoms with Gasteiger partial charge in [-0.25, -0.2) is 0 Å². The summed E-state index contributed by atoms with van der Waals surface area (Å²) in [5.74, 6) is -3.46. The Hall–Kier alpha value is -3.88. The lowest BCUT2D eigenvalue weighted by atomic mass is 10.1. The fourth-order valence-electron chi connectivity index (χ4n) is 2.14. The largest absolute Gasteiger partial charge is 0.508 e. The molecule has 6 N–H and O–H groups in total. The SMILES string of the molecule is CCC(=O)O.O=c1c(O)c(-c2ccc(O)c(O)c2)oc2cc(O)cc(O)c12. The molecule has 9 heteroatoms. The van der Waals surface area contributed by atoms with Gasteiger partial charge in [0.05, 0.1) is 0 Å². The number of aromatic hydroxyl groups is 5. The van der Waals surface area contributed by atoms with Crippen molar-refractivity contribution in [1.82, 2.24) is 0 Å². The van der Waals surface area contributed by atoms with Crippen LogP contribution in [-0.4, -0.2) is 36.6 Å². The Morgan fingerprint density at radius 1 is 0.963 bits per heavy atom. The van der Waals surface area contributed by atoms with E-state index in [-0.39, 0.29) is 40.2 Å². The lowest BCUT2D eigenvalue weighted by Crippen LogP contribution is -2.02. The zero-order valence-electron chi connectivity index (χ0n) is 14.0. The van der Waals surface area contributed by atoms with Crippen LogP contribution in [-0.2, 0) is 4.79 Å². The summed E-state index contributed by atoms with van der Waals surface area (Å²) in [7, 11) is 0. The van der Waals surface area contributed by atoms with Crippen LogP contribution in [0.4, 0.5) is 0 Å². The van der Waals surface area contributed by atoms with E-state index in [1.807, 2.05) is 0 Å². The first kappa shape index (κ1) is 19.4. The first-order valence-electron chi connectivity index (χ1n) is 7.61. The zero-order chi connectivity index (χ0) is 20.3. The summed E-state index contributed by atoms with van der Waals surface area (Å²) in [6, 6.07) is 5.64. The molecule has 0 saturated heterocycles. The van der Waals surface area contributed by atoms with Crippen molar-refractivity contribution in [3.63, 3.8) is 0 Å². The van der Waals surface area contributed by atoms with Gasteiger partial charge in [0.1, 0.15) is 22.5 Å². The van der Waals surface area contributed by atoms with Gasteiger partial charge in [0, 0.05) is 24.1 Å². The van der Waals surface area contributed by atoms with Gasteiger partial charge < -0.3 is 35.1 Å². The number of hydrogen-bond acceptors (Lipinski definition) is 8. The van der Waals surface area contributed by atoms with Crippen LogP contribution in [0.15, 0.2) is 39.5 Å². The molecule has 0 bridgehead atoms. The second-order valence-electron chi connectivity index (χ2n) is 5.40. The van der Waals surface area contributed by atoms with E-state index in [1.165, 1.54) is 6.07 Å². The first-order valence-corrected chi connectivity index (χ1v) is 7.61. The third kappa shape index (κ3) is 4.03. The summed E-state index contributed by atoms with van der Waals surface area (Å²) in [4.78, 5) is 21.5.